The molecule has 1 aliphatic heterocycles. The van der Waals surface area contributed by atoms with E-state index in [0.29, 0.717) is 18.8 Å². The molecular formula is C23H26N4O2S. The van der Waals surface area contributed by atoms with Gasteiger partial charge in [0.05, 0.1) is 5.69 Å². The van der Waals surface area contributed by atoms with Crippen molar-refractivity contribution in [3.63, 3.8) is 0 Å². The molecule has 0 aliphatic carbocycles. The molecule has 30 heavy (non-hydrogen) atoms. The molecule has 7 heteroatoms. The highest BCUT2D eigenvalue weighted by atomic mass is 32.1. The lowest BCUT2D eigenvalue weighted by Crippen LogP contribution is -2.46. The molecule has 3 aromatic rings. The topological polar surface area (TPSA) is 78.1 Å². The minimum absolute atomic E-state index is 0.127. The van der Waals surface area contributed by atoms with Crippen molar-refractivity contribution in [1.29, 1.82) is 0 Å². The fraction of sp³-hybridized carbons (Fsp3) is 0.348. The number of amides is 1. The molecule has 6 nitrogen and oxygen atoms in total. The van der Waals surface area contributed by atoms with Crippen molar-refractivity contribution in [2.45, 2.75) is 31.6 Å². The van der Waals surface area contributed by atoms with Gasteiger partial charge in [-0.25, -0.2) is 4.98 Å². The van der Waals surface area contributed by atoms with Crippen LogP contribution in [0.3, 0.4) is 0 Å². The van der Waals surface area contributed by atoms with E-state index < -0.39 is 0 Å². The van der Waals surface area contributed by atoms with Gasteiger partial charge in [-0.3, -0.25) is 9.59 Å². The Labute approximate surface area is 180 Å². The quantitative estimate of drug-likeness (QED) is 0.632. The van der Waals surface area contributed by atoms with Crippen LogP contribution in [0.25, 0.3) is 0 Å². The second-order valence-electron chi connectivity index (χ2n) is 7.63. The molecule has 1 aromatic carbocycles. The van der Waals surface area contributed by atoms with E-state index in [1.54, 1.807) is 23.5 Å². The Morgan fingerprint density at radius 1 is 1.17 bits per heavy atom. The van der Waals surface area contributed by atoms with E-state index in [-0.39, 0.29) is 16.9 Å². The number of benzene rings is 1. The molecule has 156 valence electrons. The van der Waals surface area contributed by atoms with Crippen LogP contribution in [0.15, 0.2) is 58.7 Å². The van der Waals surface area contributed by atoms with Gasteiger partial charge < -0.3 is 15.2 Å². The number of pyridine rings is 1. The maximum Gasteiger partial charge on any atom is 0.270 e. The molecule has 1 amide bonds. The van der Waals surface area contributed by atoms with Crippen molar-refractivity contribution in [2.75, 3.05) is 25.0 Å². The van der Waals surface area contributed by atoms with Gasteiger partial charge >= 0.3 is 0 Å². The van der Waals surface area contributed by atoms with E-state index in [1.165, 1.54) is 11.6 Å². The number of thiazole rings is 1. The number of carbonyl (C=O) groups excluding carboxylic acids is 1. The number of nitrogens with one attached hydrogen (secondary N) is 2. The Kier molecular flexibility index (Phi) is 5.99. The molecule has 0 bridgehead atoms. The van der Waals surface area contributed by atoms with Crippen molar-refractivity contribution in [1.82, 2.24) is 14.9 Å². The van der Waals surface area contributed by atoms with Gasteiger partial charge in [0.2, 0.25) is 5.56 Å². The monoisotopic (exact) mass is 422 g/mol. The Morgan fingerprint density at radius 3 is 2.63 bits per heavy atom. The summed E-state index contributed by atoms with van der Waals surface area (Å²) in [5.74, 6) is -0.127. The number of H-pyrrole nitrogens is 1. The van der Waals surface area contributed by atoms with Crippen LogP contribution in [-0.4, -0.2) is 40.4 Å². The first-order valence-corrected chi connectivity index (χ1v) is 11.2. The van der Waals surface area contributed by atoms with E-state index in [1.807, 2.05) is 11.0 Å². The van der Waals surface area contributed by atoms with Crippen molar-refractivity contribution in [3.05, 3.63) is 81.2 Å². The Hall–Kier alpha value is -2.93. The van der Waals surface area contributed by atoms with Crippen LogP contribution in [0.5, 0.6) is 0 Å². The lowest BCUT2D eigenvalue weighted by atomic mass is 9.70. The smallest absolute Gasteiger partial charge is 0.270 e. The Balaban J connectivity index is 1.59. The van der Waals surface area contributed by atoms with Gasteiger partial charge in [-0.05, 0) is 30.9 Å². The third kappa shape index (κ3) is 4.03. The van der Waals surface area contributed by atoms with Crippen LogP contribution in [0.4, 0.5) is 5.13 Å². The number of likely N-dealkylation sites (tertiary alicyclic amines) is 1. The Bertz CT molecular complexity index is 1050. The number of aromatic nitrogens is 2. The standard InChI is InChI=1S/C23H26N4O2S/c1-2-13-24-22-26-19(16-30-22)23(17-7-4-3-5-8-17)11-14-27(15-12-23)21(29)18-9-6-10-20(28)25-18/h3-10,16H,2,11-15H2,1H3,(H,24,26)(H,25,28). The zero-order valence-corrected chi connectivity index (χ0v) is 17.9. The van der Waals surface area contributed by atoms with Crippen LogP contribution in [0.2, 0.25) is 0 Å². The predicted molar refractivity (Wildman–Crippen MR) is 120 cm³/mol. The summed E-state index contributed by atoms with van der Waals surface area (Å²) in [4.78, 5) is 33.9. The van der Waals surface area contributed by atoms with Gasteiger partial charge in [0.1, 0.15) is 5.69 Å². The fourth-order valence-corrected chi connectivity index (χ4v) is 4.93. The van der Waals surface area contributed by atoms with Crippen LogP contribution < -0.4 is 10.9 Å². The summed E-state index contributed by atoms with van der Waals surface area (Å²) >= 11 is 1.64. The molecule has 0 spiro atoms. The van der Waals surface area contributed by atoms with Gasteiger partial charge in [0.15, 0.2) is 5.13 Å². The highest BCUT2D eigenvalue weighted by Gasteiger charge is 2.41. The van der Waals surface area contributed by atoms with Crippen LogP contribution >= 0.6 is 11.3 Å². The summed E-state index contributed by atoms with van der Waals surface area (Å²) < 4.78 is 0. The molecule has 0 unspecified atom stereocenters. The number of rotatable bonds is 6. The first kappa shape index (κ1) is 20.3. The molecule has 4 rings (SSSR count). The highest BCUT2D eigenvalue weighted by molar-refractivity contribution is 7.13. The number of aromatic amines is 1. The minimum atomic E-state index is -0.258. The summed E-state index contributed by atoms with van der Waals surface area (Å²) in [7, 11) is 0. The summed E-state index contributed by atoms with van der Waals surface area (Å²) in [5, 5.41) is 6.48. The van der Waals surface area contributed by atoms with Crippen LogP contribution in [-0.2, 0) is 5.41 Å². The largest absolute Gasteiger partial charge is 0.362 e. The van der Waals surface area contributed by atoms with Gasteiger partial charge in [-0.1, -0.05) is 43.3 Å². The van der Waals surface area contributed by atoms with Crippen molar-refractivity contribution in [2.24, 2.45) is 0 Å². The first-order valence-electron chi connectivity index (χ1n) is 10.4. The number of nitrogens with zero attached hydrogens (tertiary/aromatic N) is 2. The highest BCUT2D eigenvalue weighted by Crippen LogP contribution is 2.42. The normalized spacial score (nSPS) is 15.7. The molecule has 2 N–H and O–H groups in total. The lowest BCUT2D eigenvalue weighted by molar-refractivity contribution is 0.0678. The molecular weight excluding hydrogens is 396 g/mol. The van der Waals surface area contributed by atoms with E-state index in [0.717, 1.165) is 36.6 Å². The Morgan fingerprint density at radius 2 is 1.93 bits per heavy atom. The fourth-order valence-electron chi connectivity index (χ4n) is 4.09. The third-order valence-electron chi connectivity index (χ3n) is 5.75. The minimum Gasteiger partial charge on any atom is -0.362 e. The summed E-state index contributed by atoms with van der Waals surface area (Å²) in [5.41, 5.74) is 2.17. The summed E-state index contributed by atoms with van der Waals surface area (Å²) in [6, 6.07) is 15.2. The van der Waals surface area contributed by atoms with Crippen molar-refractivity contribution in [3.8, 4) is 0 Å². The molecule has 1 saturated heterocycles. The van der Waals surface area contributed by atoms with E-state index in [9.17, 15) is 9.59 Å². The number of hydrogen-bond acceptors (Lipinski definition) is 5. The predicted octanol–water partition coefficient (Wildman–Crippen LogP) is 3.88. The van der Waals surface area contributed by atoms with Gasteiger partial charge in [0.25, 0.3) is 5.91 Å². The summed E-state index contributed by atoms with van der Waals surface area (Å²) in [6.45, 7) is 4.27. The van der Waals surface area contributed by atoms with Crippen LogP contribution in [0.1, 0.15) is 47.9 Å². The van der Waals surface area contributed by atoms with Gasteiger partial charge in [0, 0.05) is 36.5 Å². The van der Waals surface area contributed by atoms with Crippen molar-refractivity contribution >= 4 is 22.4 Å². The molecule has 2 aromatic heterocycles. The van der Waals surface area contributed by atoms with Crippen molar-refractivity contribution < 1.29 is 4.79 Å². The average Bonchev–Trinajstić information content (AvgIpc) is 3.27. The average molecular weight is 423 g/mol. The number of anilines is 1. The molecule has 1 fully saturated rings. The zero-order valence-electron chi connectivity index (χ0n) is 17.1. The molecule has 0 atom stereocenters. The van der Waals surface area contributed by atoms with E-state index in [2.05, 4.69) is 46.9 Å². The maximum atomic E-state index is 12.9. The maximum absolute atomic E-state index is 12.9. The zero-order chi connectivity index (χ0) is 21.0. The molecule has 3 heterocycles. The molecule has 1 aliphatic rings. The second kappa shape index (κ2) is 8.83. The number of piperidine rings is 1. The SMILES string of the molecule is CCCNc1nc(C2(c3ccccc3)CCN(C(=O)c3cccc(=O)[nH]3)CC2)cs1. The molecule has 0 saturated carbocycles. The second-order valence-corrected chi connectivity index (χ2v) is 8.49. The van der Waals surface area contributed by atoms with E-state index >= 15 is 0 Å². The van der Waals surface area contributed by atoms with Gasteiger partial charge in [-0.15, -0.1) is 11.3 Å². The lowest BCUT2D eigenvalue weighted by Gasteiger charge is -2.41. The van der Waals surface area contributed by atoms with Crippen LogP contribution in [0, 0.1) is 0 Å². The first-order chi connectivity index (χ1) is 14.6. The van der Waals surface area contributed by atoms with Gasteiger partial charge in [-0.2, -0.15) is 0 Å². The van der Waals surface area contributed by atoms with E-state index in [4.69, 9.17) is 4.98 Å². The number of hydrogen-bond donors (Lipinski definition) is 2. The summed E-state index contributed by atoms with van der Waals surface area (Å²) in [6.07, 6.45) is 2.63. The number of carbonyl (C=O) groups is 1. The third-order valence-corrected chi connectivity index (χ3v) is 6.55. The molecule has 0 radical (unpaired) electrons.